The first-order valence-corrected chi connectivity index (χ1v) is 20.0. The number of halogens is 1. The minimum absolute atomic E-state index is 0.209. The Balaban J connectivity index is 1.17. The van der Waals surface area contributed by atoms with E-state index in [-0.39, 0.29) is 13.2 Å². The van der Waals surface area contributed by atoms with Crippen molar-refractivity contribution in [3.05, 3.63) is 0 Å². The molecule has 0 aromatic rings. The fraction of sp³-hybridized carbons (Fsp3) is 1.00. The monoisotopic (exact) mass is 914 g/mol. The maximum absolute atomic E-state index is 10.9. The molecule has 5 aliphatic heterocycles. The van der Waals surface area contributed by atoms with E-state index in [4.69, 9.17) is 42.6 Å². The number of hydrogen-bond donors (Lipinski definition) is 11. The molecule has 322 valence electrons. The summed E-state index contributed by atoms with van der Waals surface area (Å²) in [5, 5.41) is 116. The van der Waals surface area contributed by atoms with Crippen LogP contribution < -0.4 is 0 Å². The number of rotatable bonds is 12. The van der Waals surface area contributed by atoms with E-state index < -0.39 is 164 Å². The molecular formula is C34H59IO20. The van der Waals surface area contributed by atoms with Crippen molar-refractivity contribution in [2.45, 2.75) is 156 Å². The summed E-state index contributed by atoms with van der Waals surface area (Å²) in [6.45, 7) is 6.55. The summed E-state index contributed by atoms with van der Waals surface area (Å²) in [6.07, 6.45) is -23.3. The van der Waals surface area contributed by atoms with Crippen LogP contribution in [0, 0.1) is 29.6 Å². The Morgan fingerprint density at radius 1 is 0.418 bits per heavy atom. The Bertz CT molecular complexity index is 1190. The Hall–Kier alpha value is -0.0700. The number of ether oxygens (including phenoxy) is 9. The van der Waals surface area contributed by atoms with Crippen molar-refractivity contribution in [1.82, 2.24) is 0 Å². The Labute approximate surface area is 332 Å². The molecule has 5 aliphatic rings. The van der Waals surface area contributed by atoms with Crippen molar-refractivity contribution in [3.63, 3.8) is 0 Å². The molecule has 25 atom stereocenters. The first-order chi connectivity index (χ1) is 25.9. The van der Waals surface area contributed by atoms with Gasteiger partial charge in [-0.25, -0.2) is 0 Å². The van der Waals surface area contributed by atoms with Crippen molar-refractivity contribution in [3.8, 4) is 0 Å². The van der Waals surface area contributed by atoms with Crippen molar-refractivity contribution >= 4 is 22.6 Å². The molecule has 5 heterocycles. The van der Waals surface area contributed by atoms with Crippen LogP contribution in [0.25, 0.3) is 0 Å². The molecule has 0 saturated carbocycles. The first kappa shape index (κ1) is 46.0. The van der Waals surface area contributed by atoms with E-state index in [1.165, 1.54) is 0 Å². The molecule has 0 aromatic heterocycles. The van der Waals surface area contributed by atoms with Crippen LogP contribution in [0.3, 0.4) is 0 Å². The predicted octanol–water partition coefficient (Wildman–Crippen LogP) is -4.15. The summed E-state index contributed by atoms with van der Waals surface area (Å²) < 4.78 is 51.5. The van der Waals surface area contributed by atoms with Crippen LogP contribution in [0.4, 0.5) is 0 Å². The van der Waals surface area contributed by atoms with Crippen LogP contribution in [-0.4, -0.2) is 204 Å². The van der Waals surface area contributed by atoms with Crippen LogP contribution in [-0.2, 0) is 42.6 Å². The molecule has 5 rings (SSSR count). The molecule has 0 radical (unpaired) electrons. The summed E-state index contributed by atoms with van der Waals surface area (Å²) in [4.78, 5) is 0. The highest BCUT2D eigenvalue weighted by Crippen LogP contribution is 2.36. The van der Waals surface area contributed by atoms with Gasteiger partial charge in [-0.05, 0) is 22.6 Å². The van der Waals surface area contributed by atoms with E-state index in [9.17, 15) is 56.2 Å². The van der Waals surface area contributed by atoms with Crippen LogP contribution >= 0.6 is 22.6 Å². The lowest BCUT2D eigenvalue weighted by Crippen LogP contribution is -2.60. The third-order valence-electron chi connectivity index (χ3n) is 11.8. The zero-order valence-corrected chi connectivity index (χ0v) is 33.4. The molecule has 11 N–H and O–H groups in total. The van der Waals surface area contributed by atoms with E-state index in [0.717, 1.165) is 0 Å². The molecule has 21 heteroatoms. The maximum Gasteiger partial charge on any atom is 0.186 e. The van der Waals surface area contributed by atoms with Gasteiger partial charge in [-0.15, -0.1) is 0 Å². The Morgan fingerprint density at radius 2 is 0.873 bits per heavy atom. The first-order valence-electron chi connectivity index (χ1n) is 18.7. The second-order valence-electron chi connectivity index (χ2n) is 15.5. The molecule has 55 heavy (non-hydrogen) atoms. The van der Waals surface area contributed by atoms with Crippen molar-refractivity contribution < 1.29 is 98.8 Å². The number of alkyl halides is 1. The number of hydrogen-bond acceptors (Lipinski definition) is 20. The van der Waals surface area contributed by atoms with Gasteiger partial charge in [0, 0.05) is 29.6 Å². The zero-order valence-electron chi connectivity index (χ0n) is 31.2. The molecule has 0 aliphatic carbocycles. The molecule has 0 bridgehead atoms. The minimum Gasteiger partial charge on any atom is -0.394 e. The average Bonchev–Trinajstić information content (AvgIpc) is 3.16. The standard InChI is InChI=1S/C34H59IO20/c1-10-16(51-34(27(45)21(10)39)54-28-13(4)23(41)30(46)55-29(28)35)7-47-31-14(5)22(40)26(44)18(52-31)9-49-33-25(43)12(3)20(38)17(53-33)8-48-32-24(42)11(2)19(37)15(6-36)50-32/h10-34,36-46H,6-9H2,1-5H3/t10-,11+,12+,13-,14-,15-,16-,17-,18-,19+,20+,21+,22-,23-,24-,25-,26-,27-,28+,29+,30+,31+,32+,33+,34-/m1/s1. The van der Waals surface area contributed by atoms with E-state index in [0.29, 0.717) is 0 Å². The molecule has 5 saturated heterocycles. The summed E-state index contributed by atoms with van der Waals surface area (Å²) in [7, 11) is 0. The van der Waals surface area contributed by atoms with Gasteiger partial charge in [0.1, 0.15) is 59.0 Å². The highest BCUT2D eigenvalue weighted by atomic mass is 127. The van der Waals surface area contributed by atoms with Gasteiger partial charge < -0.3 is 98.8 Å². The van der Waals surface area contributed by atoms with Gasteiger partial charge in [-0.2, -0.15) is 0 Å². The Morgan fingerprint density at radius 3 is 1.45 bits per heavy atom. The molecule has 0 unspecified atom stereocenters. The largest absolute Gasteiger partial charge is 0.394 e. The minimum atomic E-state index is -1.47. The topological polar surface area (TPSA) is 306 Å². The summed E-state index contributed by atoms with van der Waals surface area (Å²) in [6, 6.07) is 0. The quantitative estimate of drug-likeness (QED) is 0.0654. The van der Waals surface area contributed by atoms with Gasteiger partial charge in [0.25, 0.3) is 0 Å². The van der Waals surface area contributed by atoms with Gasteiger partial charge in [0.2, 0.25) is 0 Å². The van der Waals surface area contributed by atoms with Crippen LogP contribution in [0.2, 0.25) is 0 Å². The van der Waals surface area contributed by atoms with Crippen molar-refractivity contribution in [2.24, 2.45) is 29.6 Å². The fourth-order valence-corrected chi connectivity index (χ4v) is 8.60. The zero-order chi connectivity index (χ0) is 40.6. The maximum atomic E-state index is 10.9. The van der Waals surface area contributed by atoms with E-state index in [1.54, 1.807) is 34.6 Å². The van der Waals surface area contributed by atoms with Gasteiger partial charge >= 0.3 is 0 Å². The van der Waals surface area contributed by atoms with E-state index in [1.807, 2.05) is 22.6 Å². The molecule has 0 spiro atoms. The highest BCUT2D eigenvalue weighted by molar-refractivity contribution is 14.1. The smallest absolute Gasteiger partial charge is 0.186 e. The van der Waals surface area contributed by atoms with Gasteiger partial charge in [0.15, 0.2) is 31.5 Å². The fourth-order valence-electron chi connectivity index (χ4n) is 7.47. The highest BCUT2D eigenvalue weighted by Gasteiger charge is 2.51. The molecule has 5 fully saturated rings. The lowest BCUT2D eigenvalue weighted by atomic mass is 9.90. The lowest BCUT2D eigenvalue weighted by Gasteiger charge is -2.46. The summed E-state index contributed by atoms with van der Waals surface area (Å²) >= 11 is 1.89. The van der Waals surface area contributed by atoms with Crippen LogP contribution in [0.5, 0.6) is 0 Å². The molecular weight excluding hydrogens is 855 g/mol. The van der Waals surface area contributed by atoms with Crippen molar-refractivity contribution in [2.75, 3.05) is 26.4 Å². The lowest BCUT2D eigenvalue weighted by molar-refractivity contribution is -0.344. The summed E-state index contributed by atoms with van der Waals surface area (Å²) in [5.41, 5.74) is 0. The second-order valence-corrected chi connectivity index (χ2v) is 16.8. The third-order valence-corrected chi connectivity index (χ3v) is 12.8. The van der Waals surface area contributed by atoms with Gasteiger partial charge in [0.05, 0.1) is 56.9 Å². The van der Waals surface area contributed by atoms with Gasteiger partial charge in [-0.1, -0.05) is 34.6 Å². The van der Waals surface area contributed by atoms with Gasteiger partial charge in [-0.3, -0.25) is 0 Å². The molecule has 20 nitrogen and oxygen atoms in total. The van der Waals surface area contributed by atoms with Crippen LogP contribution in [0.15, 0.2) is 0 Å². The average molecular weight is 915 g/mol. The third kappa shape index (κ3) is 9.94. The van der Waals surface area contributed by atoms with Crippen molar-refractivity contribution in [1.29, 1.82) is 0 Å². The molecule has 0 amide bonds. The SMILES string of the molecule is C[C@@H]1[C@@H](O)[C@@H](OC[C@H]2O[C@H](OC[C@H]3O[C@H](OC[C@H]4O[C@H](O[C@H]5[C@H](C)[C@@H](O)[C@@H](O)O[C@@H]5I)[C@H](O)[C@@H](O)[C@@H]4C)[C@H](C)[C@@H](O)[C@@H]3O)[C@H](O)[C@@H](C)[C@@H]2O)O[C@H](CO)[C@H]1O. The van der Waals surface area contributed by atoms with E-state index in [2.05, 4.69) is 0 Å². The second kappa shape index (κ2) is 19.5. The summed E-state index contributed by atoms with van der Waals surface area (Å²) in [5.74, 6) is -3.52. The predicted molar refractivity (Wildman–Crippen MR) is 189 cm³/mol. The van der Waals surface area contributed by atoms with Crippen LogP contribution in [0.1, 0.15) is 34.6 Å². The number of aliphatic hydroxyl groups is 11. The van der Waals surface area contributed by atoms with E-state index >= 15 is 0 Å². The molecule has 0 aromatic carbocycles. The normalized spacial score (nSPS) is 53.9. The number of aliphatic hydroxyl groups excluding tert-OH is 11. The Kier molecular flexibility index (Phi) is 16.3.